The summed E-state index contributed by atoms with van der Waals surface area (Å²) in [5.74, 6) is 0.932. The van der Waals surface area contributed by atoms with E-state index in [1.54, 1.807) is 0 Å². The molecule has 1 fully saturated rings. The molecule has 0 saturated heterocycles. The van der Waals surface area contributed by atoms with Crippen molar-refractivity contribution in [2.24, 2.45) is 5.73 Å². The largest absolute Gasteiger partial charge is 0.345 e. The number of carbonyl (C=O) groups excluding carboxylic acids is 1. The maximum Gasteiger partial charge on any atom is 0.291 e. The normalized spacial score (nSPS) is 24.2. The number of nitrogens with two attached hydrogens (primary N) is 1. The van der Waals surface area contributed by atoms with E-state index in [2.05, 4.69) is 20.5 Å². The molecule has 0 spiro atoms. The lowest BCUT2D eigenvalue weighted by Gasteiger charge is -2.28. The van der Waals surface area contributed by atoms with Gasteiger partial charge in [0, 0.05) is 18.0 Å². The Hall–Kier alpha value is -1.43. The number of aromatic nitrogens is 3. The molecular formula is C12H21N5O. The number of rotatable bonds is 3. The molecule has 1 aromatic heterocycles. The first kappa shape index (κ1) is 13.0. The average molecular weight is 251 g/mol. The van der Waals surface area contributed by atoms with Crippen molar-refractivity contribution in [2.45, 2.75) is 57.5 Å². The molecule has 1 heterocycles. The van der Waals surface area contributed by atoms with Crippen molar-refractivity contribution in [3.8, 4) is 0 Å². The van der Waals surface area contributed by atoms with Crippen molar-refractivity contribution in [3.63, 3.8) is 0 Å². The van der Waals surface area contributed by atoms with Gasteiger partial charge in [-0.2, -0.15) is 0 Å². The highest BCUT2D eigenvalue weighted by molar-refractivity contribution is 5.90. The van der Waals surface area contributed by atoms with Crippen LogP contribution >= 0.6 is 0 Å². The highest BCUT2D eigenvalue weighted by atomic mass is 16.2. The lowest BCUT2D eigenvalue weighted by molar-refractivity contribution is 0.0911. The van der Waals surface area contributed by atoms with E-state index in [4.69, 9.17) is 5.73 Å². The smallest absolute Gasteiger partial charge is 0.291 e. The SMILES string of the molecule is CC(C)c1nc(C(=O)NC2CCCCC2N)n[nH]1. The summed E-state index contributed by atoms with van der Waals surface area (Å²) in [6.07, 6.45) is 4.17. The summed E-state index contributed by atoms with van der Waals surface area (Å²) < 4.78 is 0. The van der Waals surface area contributed by atoms with E-state index in [-0.39, 0.29) is 29.7 Å². The van der Waals surface area contributed by atoms with E-state index in [0.717, 1.165) is 31.5 Å². The number of hydrogen-bond donors (Lipinski definition) is 3. The maximum absolute atomic E-state index is 12.0. The van der Waals surface area contributed by atoms with Crippen LogP contribution in [-0.4, -0.2) is 33.2 Å². The Bertz CT molecular complexity index is 414. The van der Waals surface area contributed by atoms with Crippen LogP contribution in [0, 0.1) is 0 Å². The van der Waals surface area contributed by atoms with Crippen LogP contribution in [0.1, 0.15) is 61.9 Å². The summed E-state index contributed by atoms with van der Waals surface area (Å²) in [5, 5.41) is 9.65. The Morgan fingerprint density at radius 2 is 2.17 bits per heavy atom. The third-order valence-electron chi connectivity index (χ3n) is 3.39. The van der Waals surface area contributed by atoms with Crippen molar-refractivity contribution in [1.29, 1.82) is 0 Å². The standard InChI is InChI=1S/C12H21N5O/c1-7(2)10-15-11(17-16-10)12(18)14-9-6-4-3-5-8(9)13/h7-9H,3-6,13H2,1-2H3,(H,14,18)(H,15,16,17). The summed E-state index contributed by atoms with van der Waals surface area (Å²) in [7, 11) is 0. The minimum Gasteiger partial charge on any atom is -0.345 e. The second-order valence-electron chi connectivity index (χ2n) is 5.23. The molecule has 0 aliphatic heterocycles. The van der Waals surface area contributed by atoms with Crippen molar-refractivity contribution in [1.82, 2.24) is 20.5 Å². The topological polar surface area (TPSA) is 96.7 Å². The van der Waals surface area contributed by atoms with Gasteiger partial charge in [0.15, 0.2) is 0 Å². The fourth-order valence-electron chi connectivity index (χ4n) is 2.21. The lowest BCUT2D eigenvalue weighted by Crippen LogP contribution is -2.49. The minimum atomic E-state index is -0.236. The first-order valence-electron chi connectivity index (χ1n) is 6.56. The predicted molar refractivity (Wildman–Crippen MR) is 68.2 cm³/mol. The van der Waals surface area contributed by atoms with Crippen molar-refractivity contribution in [2.75, 3.05) is 0 Å². The highest BCUT2D eigenvalue weighted by Gasteiger charge is 2.25. The molecule has 1 aliphatic carbocycles. The third kappa shape index (κ3) is 2.87. The number of nitrogens with zero attached hydrogens (tertiary/aromatic N) is 2. The van der Waals surface area contributed by atoms with Crippen LogP contribution in [0.25, 0.3) is 0 Å². The van der Waals surface area contributed by atoms with Gasteiger partial charge in [0.05, 0.1) is 0 Å². The van der Waals surface area contributed by atoms with E-state index in [1.807, 2.05) is 13.8 Å². The number of amides is 1. The van der Waals surface area contributed by atoms with E-state index < -0.39 is 0 Å². The van der Waals surface area contributed by atoms with Gasteiger partial charge < -0.3 is 11.1 Å². The predicted octanol–water partition coefficient (Wildman–Crippen LogP) is 0.928. The van der Waals surface area contributed by atoms with Gasteiger partial charge in [-0.1, -0.05) is 26.7 Å². The Kier molecular flexibility index (Phi) is 3.96. The summed E-state index contributed by atoms with van der Waals surface area (Å²) in [6.45, 7) is 4.00. The monoisotopic (exact) mass is 251 g/mol. The van der Waals surface area contributed by atoms with Crippen LogP contribution < -0.4 is 11.1 Å². The Labute approximate surface area is 107 Å². The molecule has 6 heteroatoms. The lowest BCUT2D eigenvalue weighted by atomic mass is 9.91. The van der Waals surface area contributed by atoms with E-state index in [9.17, 15) is 4.79 Å². The number of H-pyrrole nitrogens is 1. The molecule has 1 aliphatic rings. The molecule has 1 saturated carbocycles. The fraction of sp³-hybridized carbons (Fsp3) is 0.750. The van der Waals surface area contributed by atoms with Crippen molar-refractivity contribution in [3.05, 3.63) is 11.6 Å². The summed E-state index contributed by atoms with van der Waals surface area (Å²) in [4.78, 5) is 16.2. The Morgan fingerprint density at radius 3 is 2.78 bits per heavy atom. The van der Waals surface area contributed by atoms with E-state index in [0.29, 0.717) is 0 Å². The van der Waals surface area contributed by atoms with Crippen LogP contribution in [0.15, 0.2) is 0 Å². The molecule has 1 aromatic rings. The first-order chi connectivity index (χ1) is 8.58. The van der Waals surface area contributed by atoms with Crippen molar-refractivity contribution < 1.29 is 4.79 Å². The van der Waals surface area contributed by atoms with Gasteiger partial charge in [-0.3, -0.25) is 9.89 Å². The zero-order chi connectivity index (χ0) is 13.1. The molecule has 2 unspecified atom stereocenters. The van der Waals surface area contributed by atoms with E-state index >= 15 is 0 Å². The van der Waals surface area contributed by atoms with Crippen LogP contribution in [0.4, 0.5) is 0 Å². The summed E-state index contributed by atoms with van der Waals surface area (Å²) in [5.41, 5.74) is 6.00. The van der Waals surface area contributed by atoms with E-state index in [1.165, 1.54) is 0 Å². The van der Waals surface area contributed by atoms with Gasteiger partial charge in [-0.05, 0) is 12.8 Å². The molecule has 4 N–H and O–H groups in total. The highest BCUT2D eigenvalue weighted by Crippen LogP contribution is 2.17. The Balaban J connectivity index is 1.98. The molecule has 2 atom stereocenters. The molecule has 0 aromatic carbocycles. The Morgan fingerprint density at radius 1 is 1.44 bits per heavy atom. The zero-order valence-corrected chi connectivity index (χ0v) is 10.9. The number of nitrogens with one attached hydrogen (secondary N) is 2. The van der Waals surface area contributed by atoms with Gasteiger partial charge in [-0.25, -0.2) is 4.98 Å². The molecule has 1 amide bonds. The van der Waals surface area contributed by atoms with Crippen LogP contribution in [0.2, 0.25) is 0 Å². The molecule has 100 valence electrons. The average Bonchev–Trinajstić information content (AvgIpc) is 2.81. The van der Waals surface area contributed by atoms with Gasteiger partial charge in [0.1, 0.15) is 5.82 Å². The molecule has 0 radical (unpaired) electrons. The fourth-order valence-corrected chi connectivity index (χ4v) is 2.21. The second-order valence-corrected chi connectivity index (χ2v) is 5.23. The molecule has 2 rings (SSSR count). The van der Waals surface area contributed by atoms with Crippen LogP contribution in [0.5, 0.6) is 0 Å². The number of hydrogen-bond acceptors (Lipinski definition) is 4. The summed E-state index contributed by atoms with van der Waals surface area (Å²) in [6, 6.07) is 0.0958. The van der Waals surface area contributed by atoms with Gasteiger partial charge >= 0.3 is 0 Å². The first-order valence-corrected chi connectivity index (χ1v) is 6.56. The van der Waals surface area contributed by atoms with Gasteiger partial charge in [0.25, 0.3) is 5.91 Å². The van der Waals surface area contributed by atoms with Crippen LogP contribution in [-0.2, 0) is 0 Å². The minimum absolute atomic E-state index is 0.0474. The van der Waals surface area contributed by atoms with Gasteiger partial charge in [0.2, 0.25) is 5.82 Å². The van der Waals surface area contributed by atoms with Gasteiger partial charge in [-0.15, -0.1) is 5.10 Å². The molecule has 0 bridgehead atoms. The summed E-state index contributed by atoms with van der Waals surface area (Å²) >= 11 is 0. The maximum atomic E-state index is 12.0. The molecule has 18 heavy (non-hydrogen) atoms. The quantitative estimate of drug-likeness (QED) is 0.744. The zero-order valence-electron chi connectivity index (χ0n) is 10.9. The second kappa shape index (κ2) is 5.48. The molecule has 6 nitrogen and oxygen atoms in total. The van der Waals surface area contributed by atoms with Crippen molar-refractivity contribution >= 4 is 5.91 Å². The molecular weight excluding hydrogens is 230 g/mol. The number of aromatic amines is 1. The third-order valence-corrected chi connectivity index (χ3v) is 3.39. The van der Waals surface area contributed by atoms with Crippen LogP contribution in [0.3, 0.4) is 0 Å². The number of carbonyl (C=O) groups is 1.